The van der Waals surface area contributed by atoms with Crippen LogP contribution in [0.5, 0.6) is 0 Å². The lowest BCUT2D eigenvalue weighted by Gasteiger charge is -2.42. The fourth-order valence-corrected chi connectivity index (χ4v) is 16.4. The van der Waals surface area contributed by atoms with Gasteiger partial charge in [0.1, 0.15) is 71.7 Å². The maximum Gasteiger partial charge on any atom is 0.407 e. The third kappa shape index (κ3) is 29.1. The van der Waals surface area contributed by atoms with Crippen LogP contribution in [-0.4, -0.2) is 321 Å². The van der Waals surface area contributed by atoms with E-state index in [4.69, 9.17) is 88.3 Å². The molecule has 15 atom stereocenters. The number of piperidine rings is 1. The van der Waals surface area contributed by atoms with Crippen LogP contribution < -0.4 is 27.4 Å². The molecule has 0 spiro atoms. The van der Waals surface area contributed by atoms with Crippen molar-refractivity contribution in [3.8, 4) is 17.1 Å². The Kier molecular flexibility index (Phi) is 39.9. The number of cyclic esters (lactones) is 1. The summed E-state index contributed by atoms with van der Waals surface area (Å²) in [6.07, 6.45) is 9.83. The Labute approximate surface area is 740 Å². The zero-order valence-electron chi connectivity index (χ0n) is 74.4. The number of allylic oxidation sites excluding steroid dienone is 6. The summed E-state index contributed by atoms with van der Waals surface area (Å²) in [6, 6.07) is 5.04. The molecule has 0 radical (unpaired) electrons. The number of hydrogen-bond donors (Lipinski definition) is 7. The topological polar surface area (TPSA) is 495 Å². The highest BCUT2D eigenvalue weighted by molar-refractivity contribution is 6.39. The zero-order valence-corrected chi connectivity index (χ0v) is 74.4. The van der Waals surface area contributed by atoms with E-state index in [1.165, 1.54) is 32.8 Å². The van der Waals surface area contributed by atoms with Crippen molar-refractivity contribution in [3.05, 3.63) is 84.5 Å². The number of alkyl carbamates (subject to hydrolysis) is 1. The molecule has 5 aliphatic rings. The van der Waals surface area contributed by atoms with Gasteiger partial charge in [0.2, 0.25) is 11.7 Å². The SMILES string of the molecule is CO[C@H]1C[C@@H]2CC[C@@H](C)[C@@](O)(O2)C(=O)C(=O)N2CCCC[C@H]2C(=O)O[C@H]([C@H](N)C[C@@H]2CC[C@@H](OC(=O)NCCOCCOCCOCCOCCOCCOCCOCCOCCC(=O)N3CCN(c4cc(-n5nc(-c6ccc7oc(N)nc7c6)c6c(N)ncnc65)ncn4)CC3)[C@H](OC)C2)CC(=O)[C@H](C)/C=C(\C)[C@@H](O)[C@@H](O)C(=O)[C@H](C)C[C@H](C)/C=C/C=CC=C1C. The molecule has 10 rings (SSSR count). The van der Waals surface area contributed by atoms with Crippen molar-refractivity contribution < 1.29 is 115 Å². The van der Waals surface area contributed by atoms with Crippen LogP contribution >= 0.6 is 0 Å². The van der Waals surface area contributed by atoms with Crippen molar-refractivity contribution in [2.75, 3.05) is 176 Å². The number of esters is 1. The number of carbonyl (C=O) groups excluding carboxylic acids is 7. The van der Waals surface area contributed by atoms with E-state index in [0.717, 1.165) is 10.5 Å². The molecule has 8 heterocycles. The Bertz CT molecular complexity index is 4500. The molecule has 1 saturated carbocycles. The number of benzene rings is 1. The molecule has 38 nitrogen and oxygen atoms in total. The number of piperazine rings is 1. The average molecular weight is 1780 g/mol. The van der Waals surface area contributed by atoms with Gasteiger partial charge >= 0.3 is 12.1 Å². The number of ketones is 3. The lowest BCUT2D eigenvalue weighted by atomic mass is 9.80. The van der Waals surface area contributed by atoms with Gasteiger partial charge in [-0.15, -0.1) is 0 Å². The van der Waals surface area contributed by atoms with Crippen LogP contribution in [0.3, 0.4) is 0 Å². The molecule has 3 saturated heterocycles. The van der Waals surface area contributed by atoms with Crippen molar-refractivity contribution in [2.45, 2.75) is 186 Å². The fraction of sp³-hybridized carbons (Fsp3) is 0.652. The van der Waals surface area contributed by atoms with Crippen molar-refractivity contribution in [1.29, 1.82) is 0 Å². The summed E-state index contributed by atoms with van der Waals surface area (Å²) >= 11 is 0. The minimum absolute atomic E-state index is 0.00364. The number of rotatable bonds is 36. The molecule has 1 aromatic carbocycles. The Balaban J connectivity index is 0.546. The largest absolute Gasteiger partial charge is 0.459 e. The van der Waals surface area contributed by atoms with Gasteiger partial charge in [0.15, 0.2) is 22.8 Å². The Morgan fingerprint density at radius 2 is 1.32 bits per heavy atom. The first-order chi connectivity index (χ1) is 61.2. The number of nitrogen functional groups attached to an aromatic ring is 2. The van der Waals surface area contributed by atoms with E-state index >= 15 is 0 Å². The maximum absolute atomic E-state index is 14.7. The lowest BCUT2D eigenvalue weighted by molar-refractivity contribution is -0.265. The van der Waals surface area contributed by atoms with Gasteiger partial charge in [0, 0.05) is 102 Å². The molecule has 4 fully saturated rings. The molecule has 2 bridgehead atoms. The van der Waals surface area contributed by atoms with E-state index in [2.05, 4.69) is 35.1 Å². The highest BCUT2D eigenvalue weighted by atomic mass is 16.6. The first kappa shape index (κ1) is 99.9. The number of Topliss-reactive ketones (excluding diaryl/α,β-unsaturated/α-hetero) is 3. The monoisotopic (exact) mass is 1780 g/mol. The van der Waals surface area contributed by atoms with Crippen molar-refractivity contribution in [1.82, 2.24) is 49.8 Å². The second-order valence-electron chi connectivity index (χ2n) is 33.1. The highest BCUT2D eigenvalue weighted by Crippen LogP contribution is 2.39. The molecule has 3 amide bonds. The summed E-state index contributed by atoms with van der Waals surface area (Å²) in [7, 11) is 3.06. The highest BCUT2D eigenvalue weighted by Gasteiger charge is 2.53. The lowest BCUT2D eigenvalue weighted by Crippen LogP contribution is -2.61. The molecule has 700 valence electrons. The predicted octanol–water partition coefficient (Wildman–Crippen LogP) is 5.71. The standard InChI is InChI=1S/C89H130N14O24/c1-56-14-10-9-11-15-57(2)71(114-7)51-64-20-17-61(6)89(113,127-64)82(109)85(110)102-25-13-12-16-67(102)86(111)124-72(52-68(104)58(3)47-60(5)80(107)81(108)79(106)59(4)46-56)65(90)48-62-18-21-70(73(49-62)115-8)126-88(112)93-24-31-117-33-35-119-37-39-121-41-43-123-45-44-122-42-40-120-38-36-118-34-32-116-30-23-76(105)101-28-26-100(27-29-101)74-53-75(95-54-94-74)103-84-77(83(91)96-55-97-84)78(99-103)63-19-22-69-66(50-63)98-87(92)125-69/h9-11,14-15,19,22,47,50,53-56,58-59,61-62,64-65,67,70-73,80-81,107-108,113H,12-13,16-18,20-21,23-46,48-49,51-52,90H2,1-8H3,(H2,92,98)(H,93,112)(H2,91,96,97)/b11-9?,14-10+,57-15?,60-47+/t56-,58-,59-,61-,62+,64+,65-,67+,70-,71+,72+,73-,80-,81+,89-/m1/s1. The second kappa shape index (κ2) is 50.7. The van der Waals surface area contributed by atoms with Gasteiger partial charge in [-0.2, -0.15) is 14.8 Å². The minimum Gasteiger partial charge on any atom is -0.459 e. The predicted molar refractivity (Wildman–Crippen MR) is 465 cm³/mol. The number of nitrogens with one attached hydrogen (secondary N) is 1. The Morgan fingerprint density at radius 1 is 0.677 bits per heavy atom. The van der Waals surface area contributed by atoms with Gasteiger partial charge in [-0.1, -0.05) is 64.2 Å². The molecule has 10 N–H and O–H groups in total. The molecule has 5 aromatic rings. The van der Waals surface area contributed by atoms with E-state index in [1.807, 2.05) is 67.3 Å². The number of oxazole rings is 1. The number of fused-ring (bicyclic) bond motifs is 5. The maximum atomic E-state index is 14.7. The van der Waals surface area contributed by atoms with Crippen molar-refractivity contribution in [3.63, 3.8) is 0 Å². The summed E-state index contributed by atoms with van der Waals surface area (Å²) in [4.78, 5) is 125. The molecule has 0 unspecified atom stereocenters. The number of aliphatic hydroxyl groups is 3. The molecular formula is C89H130N14O24. The number of carbonyl (C=O) groups is 7. The Morgan fingerprint density at radius 3 is 1.98 bits per heavy atom. The summed E-state index contributed by atoms with van der Waals surface area (Å²) in [5.74, 6) is -7.90. The van der Waals surface area contributed by atoms with Gasteiger partial charge in [0.05, 0.1) is 136 Å². The van der Waals surface area contributed by atoms with E-state index in [-0.39, 0.29) is 93.7 Å². The number of aromatic nitrogens is 7. The van der Waals surface area contributed by atoms with Gasteiger partial charge in [-0.3, -0.25) is 24.0 Å². The summed E-state index contributed by atoms with van der Waals surface area (Å²) in [6.45, 7) is 18.1. The first-order valence-corrected chi connectivity index (χ1v) is 44.2. The number of aliphatic hydroxyl groups excluding tert-OH is 2. The minimum atomic E-state index is -2.51. The van der Waals surface area contributed by atoms with E-state index < -0.39 is 120 Å². The molecular weight excluding hydrogens is 1650 g/mol. The number of nitrogens with zero attached hydrogens (tertiary/aromatic N) is 10. The molecule has 4 aliphatic heterocycles. The Hall–Kier alpha value is -9.23. The molecule has 38 heteroatoms. The van der Waals surface area contributed by atoms with E-state index in [0.29, 0.717) is 208 Å². The quantitative estimate of drug-likeness (QED) is 0.0109. The third-order valence-electron chi connectivity index (χ3n) is 23.8. The number of amides is 3. The smallest absolute Gasteiger partial charge is 0.407 e. The van der Waals surface area contributed by atoms with Crippen LogP contribution in [0.25, 0.3) is 39.2 Å². The normalized spacial score (nSPS) is 26.5. The van der Waals surface area contributed by atoms with Gasteiger partial charge in [0.25, 0.3) is 17.7 Å². The molecule has 127 heavy (non-hydrogen) atoms. The average Bonchev–Trinajstić information content (AvgIpc) is 1.60. The summed E-state index contributed by atoms with van der Waals surface area (Å²) in [5, 5.41) is 42.7. The van der Waals surface area contributed by atoms with E-state index in [9.17, 15) is 48.9 Å². The molecule has 4 aromatic heterocycles. The van der Waals surface area contributed by atoms with Gasteiger partial charge in [-0.05, 0) is 119 Å². The van der Waals surface area contributed by atoms with E-state index in [1.54, 1.807) is 38.6 Å². The number of anilines is 3. The van der Waals surface area contributed by atoms with Crippen LogP contribution in [0.2, 0.25) is 0 Å². The van der Waals surface area contributed by atoms with Crippen LogP contribution in [-0.2, 0) is 90.3 Å². The number of nitrogens with two attached hydrogens (primary N) is 3. The van der Waals surface area contributed by atoms with Crippen molar-refractivity contribution in [2.24, 2.45) is 35.3 Å². The number of ether oxygens (including phenoxy) is 13. The molecule has 1 aliphatic carbocycles. The number of methoxy groups -OCH3 is 2. The fourth-order valence-electron chi connectivity index (χ4n) is 16.4. The van der Waals surface area contributed by atoms with Crippen LogP contribution in [0.15, 0.2) is 88.9 Å². The second-order valence-corrected chi connectivity index (χ2v) is 33.1. The van der Waals surface area contributed by atoms with Crippen molar-refractivity contribution >= 4 is 81.0 Å². The van der Waals surface area contributed by atoms with Crippen LogP contribution in [0, 0.1) is 29.6 Å². The van der Waals surface area contributed by atoms with Crippen LogP contribution in [0.1, 0.15) is 125 Å². The third-order valence-corrected chi connectivity index (χ3v) is 23.8. The summed E-state index contributed by atoms with van der Waals surface area (Å²) < 4.78 is 82.0. The van der Waals surface area contributed by atoms with Crippen LogP contribution in [0.4, 0.5) is 22.4 Å². The summed E-state index contributed by atoms with van der Waals surface area (Å²) in [5.41, 5.74) is 23.0. The van der Waals surface area contributed by atoms with Gasteiger partial charge < -0.3 is 119 Å². The first-order valence-electron chi connectivity index (χ1n) is 44.2. The van der Waals surface area contributed by atoms with Gasteiger partial charge in [-0.25, -0.2) is 29.5 Å². The number of hydrogen-bond acceptors (Lipinski definition) is 34. The zero-order chi connectivity index (χ0) is 90.9.